The highest BCUT2D eigenvalue weighted by molar-refractivity contribution is 6.31. The Morgan fingerprint density at radius 3 is 2.29 bits per heavy atom. The molecule has 0 radical (unpaired) electrons. The van der Waals surface area contributed by atoms with Crippen molar-refractivity contribution in [3.8, 4) is 5.69 Å². The van der Waals surface area contributed by atoms with Gasteiger partial charge < -0.3 is 0 Å². The second kappa shape index (κ2) is 7.55. The summed E-state index contributed by atoms with van der Waals surface area (Å²) < 4.78 is 40.6. The number of hydrogen-bond acceptors (Lipinski definition) is 3. The number of rotatable bonds is 4. The van der Waals surface area contributed by atoms with Gasteiger partial charge in [-0.1, -0.05) is 23.7 Å². The molecular weight excluding hydrogens is 393 g/mol. The molecule has 0 unspecified atom stereocenters. The number of aryl methyl sites for hydroxylation is 1. The van der Waals surface area contributed by atoms with Crippen LogP contribution in [0.4, 0.5) is 18.9 Å². The summed E-state index contributed by atoms with van der Waals surface area (Å²) in [6, 6.07) is 11.3. The molecule has 9 heteroatoms. The van der Waals surface area contributed by atoms with E-state index in [2.05, 4.69) is 16.0 Å². The maximum absolute atomic E-state index is 13.0. The molecule has 0 fully saturated rings. The Balaban J connectivity index is 1.73. The first kappa shape index (κ1) is 19.8. The van der Waals surface area contributed by atoms with Crippen LogP contribution in [0.1, 0.15) is 27.3 Å². The lowest BCUT2D eigenvalue weighted by atomic mass is 10.1. The molecule has 2 aromatic carbocycles. The second-order valence-corrected chi connectivity index (χ2v) is 6.44. The Morgan fingerprint density at radius 1 is 1.07 bits per heavy atom. The summed E-state index contributed by atoms with van der Waals surface area (Å²) in [5.74, 6) is -0.574. The molecule has 1 amide bonds. The summed E-state index contributed by atoms with van der Waals surface area (Å²) in [7, 11) is 0. The molecule has 0 saturated heterocycles. The Kier molecular flexibility index (Phi) is 5.33. The number of anilines is 1. The molecule has 146 valence electrons. The molecule has 0 saturated carbocycles. The van der Waals surface area contributed by atoms with Crippen molar-refractivity contribution in [2.75, 3.05) is 5.43 Å². The van der Waals surface area contributed by atoms with Crippen molar-refractivity contribution in [1.29, 1.82) is 0 Å². The molecule has 0 spiro atoms. The van der Waals surface area contributed by atoms with Crippen LogP contribution < -0.4 is 10.9 Å². The van der Waals surface area contributed by atoms with Crippen molar-refractivity contribution in [3.63, 3.8) is 0 Å². The lowest BCUT2D eigenvalue weighted by molar-refractivity contribution is -0.137. The van der Waals surface area contributed by atoms with Gasteiger partial charge in [0, 0.05) is 5.56 Å². The van der Waals surface area contributed by atoms with Gasteiger partial charge in [-0.05, 0) is 50.2 Å². The molecule has 0 bridgehead atoms. The van der Waals surface area contributed by atoms with Gasteiger partial charge in [0.05, 0.1) is 33.3 Å². The summed E-state index contributed by atoms with van der Waals surface area (Å²) in [4.78, 5) is 12.3. The van der Waals surface area contributed by atoms with Crippen molar-refractivity contribution >= 4 is 23.2 Å². The number of halogens is 4. The van der Waals surface area contributed by atoms with Crippen LogP contribution in [0.5, 0.6) is 0 Å². The number of hydrazine groups is 1. The van der Waals surface area contributed by atoms with Gasteiger partial charge in [0.25, 0.3) is 5.91 Å². The van der Waals surface area contributed by atoms with Gasteiger partial charge in [-0.15, -0.1) is 0 Å². The Bertz CT molecular complexity index is 1010. The fourth-order valence-electron chi connectivity index (χ4n) is 2.66. The van der Waals surface area contributed by atoms with E-state index in [1.54, 1.807) is 35.9 Å². The maximum atomic E-state index is 13.0. The van der Waals surface area contributed by atoms with E-state index in [0.29, 0.717) is 16.4 Å². The highest BCUT2D eigenvalue weighted by atomic mass is 35.5. The minimum atomic E-state index is -4.53. The van der Waals surface area contributed by atoms with Gasteiger partial charge >= 0.3 is 6.18 Å². The number of amides is 1. The van der Waals surface area contributed by atoms with Crippen LogP contribution in [0.3, 0.4) is 0 Å². The molecule has 1 heterocycles. The standard InChI is InChI=1S/C19H16ClF3N4O/c1-11-17(20)12(2)27(26-11)14-9-7-13(8-10-14)18(28)25-24-16-6-4-3-5-15(16)19(21,22)23/h3-10,24H,1-2H3,(H,25,28). The van der Waals surface area contributed by atoms with Crippen LogP contribution in [0.15, 0.2) is 48.5 Å². The van der Waals surface area contributed by atoms with Crippen molar-refractivity contribution < 1.29 is 18.0 Å². The highest BCUT2D eigenvalue weighted by Gasteiger charge is 2.33. The average molecular weight is 409 g/mol. The number of nitrogens with zero attached hydrogens (tertiary/aromatic N) is 2. The first-order valence-electron chi connectivity index (χ1n) is 8.23. The largest absolute Gasteiger partial charge is 0.418 e. The van der Waals surface area contributed by atoms with Crippen LogP contribution in [0.2, 0.25) is 5.02 Å². The number of carbonyl (C=O) groups excluding carboxylic acids is 1. The van der Waals surface area contributed by atoms with Crippen LogP contribution in [0, 0.1) is 13.8 Å². The molecule has 0 aliphatic rings. The number of hydrogen-bond donors (Lipinski definition) is 2. The summed E-state index contributed by atoms with van der Waals surface area (Å²) in [6.45, 7) is 3.61. The molecule has 3 rings (SSSR count). The molecule has 5 nitrogen and oxygen atoms in total. The van der Waals surface area contributed by atoms with E-state index in [1.807, 2.05) is 6.92 Å². The Morgan fingerprint density at radius 2 is 1.71 bits per heavy atom. The van der Waals surface area contributed by atoms with Crippen LogP contribution in [-0.2, 0) is 6.18 Å². The Hall–Kier alpha value is -3.00. The third kappa shape index (κ3) is 3.96. The summed E-state index contributed by atoms with van der Waals surface area (Å²) in [5.41, 5.74) is 5.94. The minimum Gasteiger partial charge on any atom is -0.298 e. The predicted molar refractivity (Wildman–Crippen MR) is 101 cm³/mol. The molecule has 0 aliphatic carbocycles. The summed E-state index contributed by atoms with van der Waals surface area (Å²) in [6.07, 6.45) is -4.53. The van der Waals surface area contributed by atoms with Gasteiger partial charge in [-0.2, -0.15) is 18.3 Å². The SMILES string of the molecule is Cc1nn(-c2ccc(C(=O)NNc3ccccc3C(F)(F)F)cc2)c(C)c1Cl. The molecular formula is C19H16ClF3N4O. The van der Waals surface area contributed by atoms with Gasteiger partial charge in [-0.25, -0.2) is 4.68 Å². The zero-order valence-electron chi connectivity index (χ0n) is 14.9. The molecule has 1 aromatic heterocycles. The predicted octanol–water partition coefficient (Wildman–Crippen LogP) is 4.92. The number of nitrogens with one attached hydrogen (secondary N) is 2. The Labute approximate surface area is 164 Å². The van der Waals surface area contributed by atoms with Gasteiger partial charge in [0.15, 0.2) is 0 Å². The monoisotopic (exact) mass is 408 g/mol. The molecule has 2 N–H and O–H groups in total. The second-order valence-electron chi connectivity index (χ2n) is 6.07. The van der Waals surface area contributed by atoms with Crippen molar-refractivity contribution in [1.82, 2.24) is 15.2 Å². The van der Waals surface area contributed by atoms with Crippen LogP contribution in [0.25, 0.3) is 5.69 Å². The fourth-order valence-corrected chi connectivity index (χ4v) is 2.78. The zero-order valence-corrected chi connectivity index (χ0v) is 15.7. The van der Waals surface area contributed by atoms with Gasteiger partial charge in [0.2, 0.25) is 0 Å². The van der Waals surface area contributed by atoms with Crippen LogP contribution >= 0.6 is 11.6 Å². The summed E-state index contributed by atoms with van der Waals surface area (Å²) in [5, 5.41) is 4.89. The van der Waals surface area contributed by atoms with E-state index >= 15 is 0 Å². The van der Waals surface area contributed by atoms with E-state index in [1.165, 1.54) is 18.2 Å². The van der Waals surface area contributed by atoms with Gasteiger partial charge in [-0.3, -0.25) is 15.6 Å². The number of aromatic nitrogens is 2. The highest BCUT2D eigenvalue weighted by Crippen LogP contribution is 2.34. The lowest BCUT2D eigenvalue weighted by Gasteiger charge is -2.15. The number of benzene rings is 2. The smallest absolute Gasteiger partial charge is 0.298 e. The first-order chi connectivity index (χ1) is 13.2. The van der Waals surface area contributed by atoms with E-state index in [0.717, 1.165) is 11.8 Å². The topological polar surface area (TPSA) is 59.0 Å². The fraction of sp³-hybridized carbons (Fsp3) is 0.158. The van der Waals surface area contributed by atoms with Crippen LogP contribution in [-0.4, -0.2) is 15.7 Å². The molecule has 0 atom stereocenters. The van der Waals surface area contributed by atoms with Crippen molar-refractivity contribution in [2.45, 2.75) is 20.0 Å². The minimum absolute atomic E-state index is 0.239. The number of carbonyl (C=O) groups is 1. The maximum Gasteiger partial charge on any atom is 0.418 e. The van der Waals surface area contributed by atoms with Crippen molar-refractivity contribution in [3.05, 3.63) is 76.1 Å². The lowest BCUT2D eigenvalue weighted by Crippen LogP contribution is -2.30. The average Bonchev–Trinajstić information content (AvgIpc) is 2.93. The summed E-state index contributed by atoms with van der Waals surface area (Å²) >= 11 is 6.14. The molecule has 0 aliphatic heterocycles. The van der Waals surface area contributed by atoms with Crippen molar-refractivity contribution in [2.24, 2.45) is 0 Å². The number of para-hydroxylation sites is 1. The quantitative estimate of drug-likeness (QED) is 0.602. The van der Waals surface area contributed by atoms with E-state index in [4.69, 9.17) is 11.6 Å². The number of alkyl halides is 3. The zero-order chi connectivity index (χ0) is 20.5. The van der Waals surface area contributed by atoms with Gasteiger partial charge in [0.1, 0.15) is 0 Å². The third-order valence-corrected chi connectivity index (χ3v) is 4.67. The normalized spacial score (nSPS) is 11.4. The molecule has 28 heavy (non-hydrogen) atoms. The molecule has 3 aromatic rings. The van der Waals surface area contributed by atoms with E-state index in [-0.39, 0.29) is 11.3 Å². The van der Waals surface area contributed by atoms with E-state index < -0.39 is 17.6 Å². The third-order valence-electron chi connectivity index (χ3n) is 4.12. The van der Waals surface area contributed by atoms with E-state index in [9.17, 15) is 18.0 Å². The first-order valence-corrected chi connectivity index (χ1v) is 8.61.